The van der Waals surface area contributed by atoms with Crippen LogP contribution in [0.5, 0.6) is 23.0 Å². The molecule has 4 heteroatoms. The summed E-state index contributed by atoms with van der Waals surface area (Å²) in [6.45, 7) is 1.50. The van der Waals surface area contributed by atoms with Crippen molar-refractivity contribution in [3.8, 4) is 23.0 Å². The summed E-state index contributed by atoms with van der Waals surface area (Å²) in [4.78, 5) is 0. The van der Waals surface area contributed by atoms with Crippen molar-refractivity contribution in [1.82, 2.24) is 0 Å². The number of aromatic hydroxyl groups is 2. The van der Waals surface area contributed by atoms with Crippen molar-refractivity contribution < 1.29 is 19.7 Å². The van der Waals surface area contributed by atoms with Crippen molar-refractivity contribution in [1.29, 1.82) is 0 Å². The molecule has 0 fully saturated rings. The lowest BCUT2D eigenvalue weighted by Gasteiger charge is -2.07. The third-order valence-corrected chi connectivity index (χ3v) is 5.00. The lowest BCUT2D eigenvalue weighted by atomic mass is 10.1. The van der Waals surface area contributed by atoms with Gasteiger partial charge >= 0.3 is 0 Å². The number of ether oxygens (including phenoxy) is 2. The second kappa shape index (κ2) is 14.6. The van der Waals surface area contributed by atoms with E-state index in [0.717, 1.165) is 37.6 Å². The highest BCUT2D eigenvalue weighted by Gasteiger charge is 1.97. The summed E-state index contributed by atoms with van der Waals surface area (Å²) in [5, 5.41) is 18.5. The molecule has 0 saturated carbocycles. The molecule has 0 atom stereocenters. The van der Waals surface area contributed by atoms with Gasteiger partial charge in [-0.25, -0.2) is 0 Å². The van der Waals surface area contributed by atoms with Crippen molar-refractivity contribution in [3.63, 3.8) is 0 Å². The predicted molar refractivity (Wildman–Crippen MR) is 118 cm³/mol. The summed E-state index contributed by atoms with van der Waals surface area (Å²) in [6, 6.07) is 13.8. The maximum absolute atomic E-state index is 9.23. The molecular formula is C25H36O4. The van der Waals surface area contributed by atoms with Gasteiger partial charge < -0.3 is 19.7 Å². The normalized spacial score (nSPS) is 10.8. The largest absolute Gasteiger partial charge is 0.508 e. The summed E-state index contributed by atoms with van der Waals surface area (Å²) in [7, 11) is 0. The molecule has 0 aromatic heterocycles. The lowest BCUT2D eigenvalue weighted by Crippen LogP contribution is -1.97. The van der Waals surface area contributed by atoms with E-state index in [1.165, 1.54) is 57.8 Å². The van der Waals surface area contributed by atoms with Crippen LogP contribution < -0.4 is 9.47 Å². The van der Waals surface area contributed by atoms with Crippen LogP contribution in [0.1, 0.15) is 70.6 Å². The molecule has 160 valence electrons. The summed E-state index contributed by atoms with van der Waals surface area (Å²) >= 11 is 0. The highest BCUT2D eigenvalue weighted by Crippen LogP contribution is 2.18. The molecule has 2 rings (SSSR count). The van der Waals surface area contributed by atoms with Crippen LogP contribution in [-0.4, -0.2) is 23.4 Å². The van der Waals surface area contributed by atoms with Crippen molar-refractivity contribution >= 4 is 0 Å². The molecule has 29 heavy (non-hydrogen) atoms. The molecule has 0 aliphatic heterocycles. The van der Waals surface area contributed by atoms with Crippen LogP contribution >= 0.6 is 0 Å². The molecule has 0 heterocycles. The summed E-state index contributed by atoms with van der Waals surface area (Å²) in [6.07, 6.45) is 13.8. The molecule has 4 nitrogen and oxygen atoms in total. The third kappa shape index (κ3) is 11.3. The average molecular weight is 401 g/mol. The Labute approximate surface area is 175 Å². The van der Waals surface area contributed by atoms with Gasteiger partial charge in [0.1, 0.15) is 23.0 Å². The zero-order valence-electron chi connectivity index (χ0n) is 17.5. The summed E-state index contributed by atoms with van der Waals surface area (Å²) in [5.74, 6) is 2.21. The Morgan fingerprint density at radius 1 is 0.414 bits per heavy atom. The zero-order chi connectivity index (χ0) is 20.6. The van der Waals surface area contributed by atoms with E-state index in [9.17, 15) is 10.2 Å². The van der Waals surface area contributed by atoms with Crippen LogP contribution in [0.2, 0.25) is 0 Å². The maximum atomic E-state index is 9.23. The number of hydrogen-bond acceptors (Lipinski definition) is 4. The van der Waals surface area contributed by atoms with Gasteiger partial charge in [-0.05, 0) is 61.4 Å². The molecule has 0 amide bonds. The van der Waals surface area contributed by atoms with Crippen LogP contribution in [0, 0.1) is 0 Å². The van der Waals surface area contributed by atoms with E-state index in [2.05, 4.69) is 0 Å². The highest BCUT2D eigenvalue weighted by molar-refractivity contribution is 5.30. The highest BCUT2D eigenvalue weighted by atomic mass is 16.5. The van der Waals surface area contributed by atoms with Crippen molar-refractivity contribution in [2.24, 2.45) is 0 Å². The van der Waals surface area contributed by atoms with Crippen LogP contribution in [0.3, 0.4) is 0 Å². The molecule has 2 aromatic carbocycles. The van der Waals surface area contributed by atoms with Gasteiger partial charge in [0.2, 0.25) is 0 Å². The minimum Gasteiger partial charge on any atom is -0.508 e. The quantitative estimate of drug-likeness (QED) is 0.303. The molecule has 0 unspecified atom stereocenters. The monoisotopic (exact) mass is 400 g/mol. The smallest absolute Gasteiger partial charge is 0.119 e. The minimum absolute atomic E-state index is 0.275. The fourth-order valence-electron chi connectivity index (χ4n) is 3.26. The Bertz CT molecular complexity index is 579. The van der Waals surface area contributed by atoms with E-state index in [4.69, 9.17) is 9.47 Å². The molecule has 0 bridgehead atoms. The molecule has 2 aromatic rings. The molecule has 2 N–H and O–H groups in total. The Morgan fingerprint density at radius 3 is 1.00 bits per heavy atom. The van der Waals surface area contributed by atoms with E-state index >= 15 is 0 Å². The van der Waals surface area contributed by atoms with Gasteiger partial charge in [-0.2, -0.15) is 0 Å². The first-order valence-corrected chi connectivity index (χ1v) is 11.1. The van der Waals surface area contributed by atoms with Gasteiger partial charge in [-0.3, -0.25) is 0 Å². The zero-order valence-corrected chi connectivity index (χ0v) is 17.5. The van der Waals surface area contributed by atoms with Gasteiger partial charge in [0.05, 0.1) is 13.2 Å². The fourth-order valence-corrected chi connectivity index (χ4v) is 3.26. The first-order chi connectivity index (χ1) is 14.2. The van der Waals surface area contributed by atoms with Crippen LogP contribution in [0.15, 0.2) is 48.5 Å². The SMILES string of the molecule is Oc1ccc(OCCCCCCCCCCCCCOc2ccc(O)cc2)cc1. The second-order valence-electron chi connectivity index (χ2n) is 7.57. The van der Waals surface area contributed by atoms with Gasteiger partial charge in [-0.15, -0.1) is 0 Å². The molecule has 0 spiro atoms. The molecule has 0 aliphatic rings. The summed E-state index contributed by atoms with van der Waals surface area (Å²) in [5.41, 5.74) is 0. The minimum atomic E-state index is 0.275. The van der Waals surface area contributed by atoms with E-state index in [-0.39, 0.29) is 11.5 Å². The van der Waals surface area contributed by atoms with Crippen molar-refractivity contribution in [2.75, 3.05) is 13.2 Å². The van der Waals surface area contributed by atoms with Crippen molar-refractivity contribution in [2.45, 2.75) is 70.6 Å². The molecular weight excluding hydrogens is 364 g/mol. The Hall–Kier alpha value is -2.36. The summed E-state index contributed by atoms with van der Waals surface area (Å²) < 4.78 is 11.3. The number of phenols is 2. The molecule has 0 saturated heterocycles. The predicted octanol–water partition coefficient (Wildman–Crippen LogP) is 6.85. The standard InChI is InChI=1S/C25H36O4/c26-22-12-16-24(17-13-22)28-20-10-8-6-4-2-1-3-5-7-9-11-21-29-25-18-14-23(27)15-19-25/h12-19,26-27H,1-11,20-21H2. The first-order valence-electron chi connectivity index (χ1n) is 11.1. The van der Waals surface area contributed by atoms with Gasteiger partial charge in [0.25, 0.3) is 0 Å². The number of unbranched alkanes of at least 4 members (excludes halogenated alkanes) is 10. The Kier molecular flexibility index (Phi) is 11.6. The van der Waals surface area contributed by atoms with Gasteiger partial charge in [0.15, 0.2) is 0 Å². The van der Waals surface area contributed by atoms with Crippen molar-refractivity contribution in [3.05, 3.63) is 48.5 Å². The van der Waals surface area contributed by atoms with Gasteiger partial charge in [0, 0.05) is 0 Å². The number of hydrogen-bond donors (Lipinski definition) is 2. The van der Waals surface area contributed by atoms with Crippen LogP contribution in [0.4, 0.5) is 0 Å². The van der Waals surface area contributed by atoms with E-state index in [1.54, 1.807) is 48.5 Å². The number of rotatable bonds is 16. The Morgan fingerprint density at radius 2 is 0.690 bits per heavy atom. The van der Waals surface area contributed by atoms with Gasteiger partial charge in [-0.1, -0.05) is 57.8 Å². The first kappa shape index (κ1) is 22.9. The fraction of sp³-hybridized carbons (Fsp3) is 0.520. The third-order valence-electron chi connectivity index (χ3n) is 5.00. The topological polar surface area (TPSA) is 58.9 Å². The van der Waals surface area contributed by atoms with E-state index in [1.807, 2.05) is 0 Å². The lowest BCUT2D eigenvalue weighted by molar-refractivity contribution is 0.303. The van der Waals surface area contributed by atoms with Crippen LogP contribution in [0.25, 0.3) is 0 Å². The number of benzene rings is 2. The maximum Gasteiger partial charge on any atom is 0.119 e. The van der Waals surface area contributed by atoms with Crippen LogP contribution in [-0.2, 0) is 0 Å². The molecule has 0 aliphatic carbocycles. The average Bonchev–Trinajstić information content (AvgIpc) is 2.73. The Balaban J connectivity index is 1.29. The van der Waals surface area contributed by atoms with E-state index in [0.29, 0.717) is 0 Å². The second-order valence-corrected chi connectivity index (χ2v) is 7.57. The number of phenolic OH excluding ortho intramolecular Hbond substituents is 2. The molecule has 0 radical (unpaired) electrons. The van der Waals surface area contributed by atoms with E-state index < -0.39 is 0 Å².